The number of anilines is 1. The maximum absolute atomic E-state index is 5.81. The molecule has 1 saturated carbocycles. The summed E-state index contributed by atoms with van der Waals surface area (Å²) < 4.78 is 7.96. The molecule has 7 nitrogen and oxygen atoms in total. The van der Waals surface area contributed by atoms with Crippen LogP contribution < -0.4 is 4.90 Å². The summed E-state index contributed by atoms with van der Waals surface area (Å²) in [5.74, 6) is 2.11. The number of aromatic nitrogens is 4. The number of fused-ring (bicyclic) bond motifs is 1. The van der Waals surface area contributed by atoms with Gasteiger partial charge in [-0.25, -0.2) is 4.98 Å². The van der Waals surface area contributed by atoms with Crippen LogP contribution in [-0.4, -0.2) is 50.7 Å². The topological polar surface area (TPSA) is 62.7 Å². The molecule has 148 valence electrons. The first kappa shape index (κ1) is 17.7. The van der Waals surface area contributed by atoms with Crippen LogP contribution >= 0.6 is 0 Å². The highest BCUT2D eigenvalue weighted by atomic mass is 16.4. The summed E-state index contributed by atoms with van der Waals surface area (Å²) in [6, 6.07) is 4.30. The lowest BCUT2D eigenvalue weighted by molar-refractivity contribution is 0.224. The number of hydrogen-bond acceptors (Lipinski definition) is 6. The first-order valence-electron chi connectivity index (χ1n) is 10.2. The maximum Gasteiger partial charge on any atom is 0.230 e. The highest BCUT2D eigenvalue weighted by molar-refractivity contribution is 5.53. The third kappa shape index (κ3) is 3.51. The lowest BCUT2D eigenvalue weighted by Crippen LogP contribution is -2.46. The van der Waals surface area contributed by atoms with Gasteiger partial charge in [-0.2, -0.15) is 0 Å². The van der Waals surface area contributed by atoms with E-state index in [0.717, 1.165) is 55.8 Å². The summed E-state index contributed by atoms with van der Waals surface area (Å²) in [6.45, 7) is 11.3. The van der Waals surface area contributed by atoms with Crippen LogP contribution in [0.2, 0.25) is 0 Å². The molecule has 28 heavy (non-hydrogen) atoms. The van der Waals surface area contributed by atoms with E-state index < -0.39 is 0 Å². The minimum Gasteiger partial charge on any atom is -0.424 e. The van der Waals surface area contributed by atoms with Gasteiger partial charge in [-0.3, -0.25) is 4.90 Å². The van der Waals surface area contributed by atoms with Crippen molar-refractivity contribution in [1.82, 2.24) is 24.5 Å². The standard InChI is InChI=1S/C21H28N6O/c1-21(2,3)17-13-27-12-16(6-7-18(27)22-17)26-10-8-25(9-11-26)14-19-23-24-20(28-19)15-4-5-15/h6-7,12-13,15H,4-5,8-11,14H2,1-3H3. The Kier molecular flexibility index (Phi) is 4.16. The minimum atomic E-state index is 0.0614. The summed E-state index contributed by atoms with van der Waals surface area (Å²) in [6.07, 6.45) is 6.74. The molecule has 5 rings (SSSR count). The highest BCUT2D eigenvalue weighted by Crippen LogP contribution is 2.39. The largest absolute Gasteiger partial charge is 0.424 e. The molecule has 3 aromatic rings. The van der Waals surface area contributed by atoms with Crippen molar-refractivity contribution in [3.05, 3.63) is 42.0 Å². The second-order valence-electron chi connectivity index (χ2n) is 9.10. The third-order valence-electron chi connectivity index (χ3n) is 5.71. The lowest BCUT2D eigenvalue weighted by Gasteiger charge is -2.35. The second kappa shape index (κ2) is 6.58. The average molecular weight is 380 g/mol. The molecule has 0 N–H and O–H groups in total. The van der Waals surface area contributed by atoms with Gasteiger partial charge in [0.25, 0.3) is 0 Å². The molecule has 7 heteroatoms. The predicted octanol–water partition coefficient (Wildman–Crippen LogP) is 3.21. The van der Waals surface area contributed by atoms with Crippen LogP contribution in [0.25, 0.3) is 5.65 Å². The quantitative estimate of drug-likeness (QED) is 0.693. The number of pyridine rings is 1. The van der Waals surface area contributed by atoms with E-state index in [1.807, 2.05) is 0 Å². The summed E-state index contributed by atoms with van der Waals surface area (Å²) in [4.78, 5) is 9.60. The monoisotopic (exact) mass is 380 g/mol. The van der Waals surface area contributed by atoms with Gasteiger partial charge in [0.2, 0.25) is 11.8 Å². The van der Waals surface area contributed by atoms with Crippen LogP contribution in [0.3, 0.4) is 0 Å². The molecule has 0 atom stereocenters. The van der Waals surface area contributed by atoms with Crippen molar-refractivity contribution in [2.75, 3.05) is 31.1 Å². The molecule has 0 amide bonds. The molecule has 3 aromatic heterocycles. The molecule has 0 spiro atoms. The molecular weight excluding hydrogens is 352 g/mol. The Morgan fingerprint density at radius 3 is 2.54 bits per heavy atom. The molecule has 0 radical (unpaired) electrons. The highest BCUT2D eigenvalue weighted by Gasteiger charge is 2.30. The third-order valence-corrected chi connectivity index (χ3v) is 5.71. The predicted molar refractivity (Wildman–Crippen MR) is 108 cm³/mol. The SMILES string of the molecule is CC(C)(C)c1cn2cc(N3CCN(Cc4nnc(C5CC5)o4)CC3)ccc2n1. The molecule has 2 fully saturated rings. The van der Waals surface area contributed by atoms with Crippen molar-refractivity contribution in [1.29, 1.82) is 0 Å². The Morgan fingerprint density at radius 1 is 1.04 bits per heavy atom. The molecule has 0 bridgehead atoms. The Hall–Kier alpha value is -2.41. The van der Waals surface area contributed by atoms with Crippen LogP contribution in [-0.2, 0) is 12.0 Å². The van der Waals surface area contributed by atoms with Crippen molar-refractivity contribution < 1.29 is 4.42 Å². The van der Waals surface area contributed by atoms with E-state index in [1.54, 1.807) is 0 Å². The maximum atomic E-state index is 5.81. The number of piperazine rings is 1. The van der Waals surface area contributed by atoms with Gasteiger partial charge >= 0.3 is 0 Å². The van der Waals surface area contributed by atoms with Gasteiger partial charge in [-0.05, 0) is 25.0 Å². The minimum absolute atomic E-state index is 0.0614. The molecule has 1 aliphatic heterocycles. The van der Waals surface area contributed by atoms with E-state index >= 15 is 0 Å². The number of hydrogen-bond donors (Lipinski definition) is 0. The molecule has 0 unspecified atom stereocenters. The number of imidazole rings is 1. The zero-order valence-electron chi connectivity index (χ0n) is 16.9. The van der Waals surface area contributed by atoms with E-state index in [0.29, 0.717) is 5.92 Å². The Bertz CT molecular complexity index is 972. The first-order valence-corrected chi connectivity index (χ1v) is 10.2. The van der Waals surface area contributed by atoms with Gasteiger partial charge in [0.15, 0.2) is 0 Å². The molecular formula is C21H28N6O. The van der Waals surface area contributed by atoms with E-state index in [1.165, 1.54) is 18.5 Å². The van der Waals surface area contributed by atoms with Crippen LogP contribution in [0.15, 0.2) is 28.9 Å². The van der Waals surface area contributed by atoms with Gasteiger partial charge in [-0.1, -0.05) is 20.8 Å². The lowest BCUT2D eigenvalue weighted by atomic mass is 9.93. The molecule has 4 heterocycles. The van der Waals surface area contributed by atoms with Crippen molar-refractivity contribution in [3.8, 4) is 0 Å². The van der Waals surface area contributed by atoms with Gasteiger partial charge in [0.05, 0.1) is 17.9 Å². The summed E-state index contributed by atoms with van der Waals surface area (Å²) in [7, 11) is 0. The molecule has 2 aliphatic rings. The fourth-order valence-corrected chi connectivity index (χ4v) is 3.71. The smallest absolute Gasteiger partial charge is 0.230 e. The molecule has 1 aliphatic carbocycles. The fourth-order valence-electron chi connectivity index (χ4n) is 3.71. The number of nitrogens with zero attached hydrogens (tertiary/aromatic N) is 6. The van der Waals surface area contributed by atoms with E-state index in [-0.39, 0.29) is 5.41 Å². The van der Waals surface area contributed by atoms with Crippen molar-refractivity contribution in [2.24, 2.45) is 0 Å². The summed E-state index contributed by atoms with van der Waals surface area (Å²) in [5.41, 5.74) is 3.44. The Morgan fingerprint density at radius 2 is 1.82 bits per heavy atom. The van der Waals surface area contributed by atoms with Gasteiger partial charge in [-0.15, -0.1) is 10.2 Å². The van der Waals surface area contributed by atoms with Gasteiger partial charge in [0.1, 0.15) is 5.65 Å². The van der Waals surface area contributed by atoms with Crippen molar-refractivity contribution in [2.45, 2.75) is 51.5 Å². The summed E-state index contributed by atoms with van der Waals surface area (Å²) in [5, 5.41) is 8.41. The normalized spacial score (nSPS) is 18.9. The fraction of sp³-hybridized carbons (Fsp3) is 0.571. The molecule has 0 aromatic carbocycles. The zero-order valence-corrected chi connectivity index (χ0v) is 16.9. The summed E-state index contributed by atoms with van der Waals surface area (Å²) >= 11 is 0. The van der Waals surface area contributed by atoms with Crippen LogP contribution in [0.4, 0.5) is 5.69 Å². The van der Waals surface area contributed by atoms with E-state index in [2.05, 4.69) is 69.7 Å². The Labute approximate surface area is 165 Å². The first-order chi connectivity index (χ1) is 13.5. The van der Waals surface area contributed by atoms with Gasteiger partial charge in [0, 0.05) is 49.9 Å². The van der Waals surface area contributed by atoms with Crippen LogP contribution in [0, 0.1) is 0 Å². The van der Waals surface area contributed by atoms with Crippen LogP contribution in [0.1, 0.15) is 57.0 Å². The molecule has 1 saturated heterocycles. The van der Waals surface area contributed by atoms with Crippen LogP contribution in [0.5, 0.6) is 0 Å². The zero-order chi connectivity index (χ0) is 19.3. The average Bonchev–Trinajstić information content (AvgIpc) is 3.25. The van der Waals surface area contributed by atoms with E-state index in [4.69, 9.17) is 9.40 Å². The van der Waals surface area contributed by atoms with E-state index in [9.17, 15) is 0 Å². The Balaban J connectivity index is 1.23. The second-order valence-corrected chi connectivity index (χ2v) is 9.10. The van der Waals surface area contributed by atoms with Crippen molar-refractivity contribution >= 4 is 11.3 Å². The van der Waals surface area contributed by atoms with Crippen molar-refractivity contribution in [3.63, 3.8) is 0 Å². The number of rotatable bonds is 4. The van der Waals surface area contributed by atoms with Gasteiger partial charge < -0.3 is 13.7 Å².